The van der Waals surface area contributed by atoms with E-state index in [0.717, 1.165) is 0 Å². The van der Waals surface area contributed by atoms with Crippen LogP contribution in [0.3, 0.4) is 0 Å². The molecule has 1 N–H and O–H groups in total. The number of halogens is 1. The molecule has 1 heterocycles. The number of benzene rings is 2. The molecular weight excluding hydrogens is 409 g/mol. The van der Waals surface area contributed by atoms with E-state index in [1.165, 1.54) is 31.0 Å². The van der Waals surface area contributed by atoms with Crippen molar-refractivity contribution in [1.29, 1.82) is 0 Å². The number of carbonyl (C=O) groups is 2. The third-order valence-corrected chi connectivity index (χ3v) is 5.17. The van der Waals surface area contributed by atoms with Crippen molar-refractivity contribution in [3.8, 4) is 5.75 Å². The number of nitrogens with one attached hydrogen (secondary N) is 1. The van der Waals surface area contributed by atoms with Gasteiger partial charge in [0.2, 0.25) is 5.91 Å². The summed E-state index contributed by atoms with van der Waals surface area (Å²) in [6.45, 7) is 0.219. The summed E-state index contributed by atoms with van der Waals surface area (Å²) in [4.78, 5) is 25.2. The van der Waals surface area contributed by atoms with Gasteiger partial charge in [-0.05, 0) is 42.0 Å². The van der Waals surface area contributed by atoms with E-state index in [2.05, 4.69) is 5.32 Å². The smallest absolute Gasteiger partial charge is 0.339 e. The van der Waals surface area contributed by atoms with Crippen molar-refractivity contribution >= 4 is 23.6 Å². The van der Waals surface area contributed by atoms with E-state index in [4.69, 9.17) is 13.9 Å². The first-order chi connectivity index (χ1) is 14.6. The van der Waals surface area contributed by atoms with Gasteiger partial charge in [0.05, 0.1) is 31.2 Å². The van der Waals surface area contributed by atoms with Crippen molar-refractivity contribution in [2.45, 2.75) is 18.0 Å². The van der Waals surface area contributed by atoms with Gasteiger partial charge < -0.3 is 19.2 Å². The average Bonchev–Trinajstić information content (AvgIpc) is 3.28. The number of amides is 1. The molecule has 3 aromatic rings. The fourth-order valence-corrected chi connectivity index (χ4v) is 3.45. The highest BCUT2D eigenvalue weighted by Crippen LogP contribution is 2.24. The van der Waals surface area contributed by atoms with Crippen LogP contribution in [0.25, 0.3) is 0 Å². The van der Waals surface area contributed by atoms with Gasteiger partial charge in [0.15, 0.2) is 11.6 Å². The van der Waals surface area contributed by atoms with Crippen LogP contribution in [0, 0.1) is 5.82 Å². The van der Waals surface area contributed by atoms with Crippen LogP contribution in [0.4, 0.5) is 4.39 Å². The molecule has 3 rings (SSSR count). The molecule has 0 unspecified atom stereocenters. The molecule has 1 amide bonds. The molecule has 30 heavy (non-hydrogen) atoms. The Bertz CT molecular complexity index is 1010. The molecular formula is C22H20FNO5S. The number of carbonyl (C=O) groups excluding carboxylic acids is 2. The maximum absolute atomic E-state index is 13.8. The van der Waals surface area contributed by atoms with Crippen molar-refractivity contribution < 1.29 is 27.9 Å². The number of esters is 1. The number of furan rings is 1. The van der Waals surface area contributed by atoms with Crippen molar-refractivity contribution in [3.05, 3.63) is 83.6 Å². The van der Waals surface area contributed by atoms with Crippen molar-refractivity contribution in [3.63, 3.8) is 0 Å². The second-order valence-electron chi connectivity index (χ2n) is 6.19. The summed E-state index contributed by atoms with van der Waals surface area (Å²) in [7, 11) is 1.38. The Hall–Kier alpha value is -3.26. The zero-order valence-corrected chi connectivity index (χ0v) is 17.0. The number of thioether (sulfide) groups is 1. The lowest BCUT2D eigenvalue weighted by atomic mass is 10.2. The highest BCUT2D eigenvalue weighted by atomic mass is 32.2. The minimum atomic E-state index is -0.551. The Morgan fingerprint density at radius 1 is 1.13 bits per heavy atom. The maximum atomic E-state index is 13.8. The number of rotatable bonds is 9. The summed E-state index contributed by atoms with van der Waals surface area (Å²) in [5.74, 6) is -0.347. The van der Waals surface area contributed by atoms with Crippen LogP contribution in [0.15, 0.2) is 70.2 Å². The first-order valence-electron chi connectivity index (χ1n) is 9.07. The van der Waals surface area contributed by atoms with E-state index in [-0.39, 0.29) is 24.0 Å². The highest BCUT2D eigenvalue weighted by Gasteiger charge is 2.15. The van der Waals surface area contributed by atoms with E-state index in [9.17, 15) is 14.0 Å². The molecule has 0 spiro atoms. The molecule has 156 valence electrons. The van der Waals surface area contributed by atoms with Crippen molar-refractivity contribution in [2.24, 2.45) is 0 Å². The van der Waals surface area contributed by atoms with Crippen molar-refractivity contribution in [1.82, 2.24) is 5.32 Å². The predicted molar refractivity (Wildman–Crippen MR) is 110 cm³/mol. The van der Waals surface area contributed by atoms with E-state index >= 15 is 0 Å². The Morgan fingerprint density at radius 2 is 1.97 bits per heavy atom. The third kappa shape index (κ3) is 5.87. The number of hydrogen-bond donors (Lipinski definition) is 1. The maximum Gasteiger partial charge on any atom is 0.339 e. The van der Waals surface area contributed by atoms with Crippen LogP contribution in [-0.4, -0.2) is 24.7 Å². The molecule has 6 nitrogen and oxygen atoms in total. The summed E-state index contributed by atoms with van der Waals surface area (Å²) in [5.41, 5.74) is 0.847. The number of ether oxygens (including phenoxy) is 2. The minimum absolute atomic E-state index is 0.0810. The van der Waals surface area contributed by atoms with E-state index < -0.39 is 11.8 Å². The highest BCUT2D eigenvalue weighted by molar-refractivity contribution is 8.00. The van der Waals surface area contributed by atoms with Gasteiger partial charge in [0.25, 0.3) is 0 Å². The van der Waals surface area contributed by atoms with E-state index in [1.54, 1.807) is 48.7 Å². The Labute approximate surface area is 177 Å². The number of hydrogen-bond acceptors (Lipinski definition) is 6. The predicted octanol–water partition coefficient (Wildman–Crippen LogP) is 4.19. The Balaban J connectivity index is 1.55. The zero-order chi connectivity index (χ0) is 21.3. The topological polar surface area (TPSA) is 77.8 Å². The normalized spacial score (nSPS) is 10.5. The first kappa shape index (κ1) is 21.4. The molecule has 0 aliphatic heterocycles. The fraction of sp³-hybridized carbons (Fsp3) is 0.182. The molecule has 0 saturated heterocycles. The molecule has 2 aromatic carbocycles. The van der Waals surface area contributed by atoms with Gasteiger partial charge in [-0.15, -0.1) is 11.8 Å². The van der Waals surface area contributed by atoms with Crippen LogP contribution in [0.2, 0.25) is 0 Å². The van der Waals surface area contributed by atoms with Gasteiger partial charge in [-0.3, -0.25) is 4.79 Å². The summed E-state index contributed by atoms with van der Waals surface area (Å²) < 4.78 is 29.1. The van der Waals surface area contributed by atoms with Crippen LogP contribution in [-0.2, 0) is 22.7 Å². The zero-order valence-electron chi connectivity index (χ0n) is 16.2. The molecule has 0 saturated carbocycles. The second kappa shape index (κ2) is 10.5. The molecule has 0 fully saturated rings. The molecule has 0 atom stereocenters. The average molecular weight is 429 g/mol. The monoisotopic (exact) mass is 429 g/mol. The summed E-state index contributed by atoms with van der Waals surface area (Å²) in [5, 5.41) is 2.75. The Kier molecular flexibility index (Phi) is 7.51. The lowest BCUT2D eigenvalue weighted by Crippen LogP contribution is -2.24. The van der Waals surface area contributed by atoms with E-state index in [1.807, 2.05) is 0 Å². The summed E-state index contributed by atoms with van der Waals surface area (Å²) in [6, 6.07) is 14.7. The van der Waals surface area contributed by atoms with Crippen LogP contribution in [0.5, 0.6) is 5.75 Å². The van der Waals surface area contributed by atoms with Crippen LogP contribution < -0.4 is 10.1 Å². The largest absolute Gasteiger partial charge is 0.494 e. The van der Waals surface area contributed by atoms with Crippen molar-refractivity contribution in [2.75, 3.05) is 12.9 Å². The van der Waals surface area contributed by atoms with Gasteiger partial charge in [-0.2, -0.15) is 0 Å². The second-order valence-corrected chi connectivity index (χ2v) is 7.20. The quantitative estimate of drug-likeness (QED) is 0.406. The first-order valence-corrected chi connectivity index (χ1v) is 10.1. The van der Waals surface area contributed by atoms with Crippen LogP contribution >= 0.6 is 11.8 Å². The lowest BCUT2D eigenvalue weighted by molar-refractivity contribution is -0.118. The number of methoxy groups -OCH3 is 1. The SMILES string of the molecule is COc1ccc(COC(=O)c2ccccc2SCC(=O)NCc2ccco2)cc1F. The third-order valence-electron chi connectivity index (χ3n) is 4.09. The standard InChI is InChI=1S/C22H20FNO5S/c1-27-19-9-8-15(11-18(19)23)13-29-22(26)17-6-2-3-7-20(17)30-14-21(25)24-12-16-5-4-10-28-16/h2-11H,12-14H2,1H3,(H,24,25). The Morgan fingerprint density at radius 3 is 2.70 bits per heavy atom. The minimum Gasteiger partial charge on any atom is -0.494 e. The molecule has 8 heteroatoms. The molecule has 0 radical (unpaired) electrons. The van der Waals surface area contributed by atoms with Gasteiger partial charge in [0, 0.05) is 4.90 Å². The van der Waals surface area contributed by atoms with Gasteiger partial charge in [-0.25, -0.2) is 9.18 Å². The lowest BCUT2D eigenvalue weighted by Gasteiger charge is -2.10. The van der Waals surface area contributed by atoms with Gasteiger partial charge in [-0.1, -0.05) is 18.2 Å². The van der Waals surface area contributed by atoms with Gasteiger partial charge in [0.1, 0.15) is 12.4 Å². The van der Waals surface area contributed by atoms with E-state index in [0.29, 0.717) is 28.3 Å². The summed E-state index contributed by atoms with van der Waals surface area (Å²) >= 11 is 1.23. The molecule has 0 aliphatic carbocycles. The fourth-order valence-electron chi connectivity index (χ4n) is 2.58. The molecule has 0 aliphatic rings. The summed E-state index contributed by atoms with van der Waals surface area (Å²) in [6.07, 6.45) is 1.54. The van der Waals surface area contributed by atoms with Crippen LogP contribution in [0.1, 0.15) is 21.7 Å². The van der Waals surface area contributed by atoms with Gasteiger partial charge >= 0.3 is 5.97 Å². The molecule has 1 aromatic heterocycles. The molecule has 0 bridgehead atoms.